The number of carboxylic acids is 1. The van der Waals surface area contributed by atoms with Crippen molar-refractivity contribution in [3.63, 3.8) is 0 Å². The fourth-order valence-corrected chi connectivity index (χ4v) is 2.45. The molecule has 0 heterocycles. The second-order valence-corrected chi connectivity index (χ2v) is 5.69. The molecule has 0 radical (unpaired) electrons. The van der Waals surface area contributed by atoms with Gasteiger partial charge in [0.05, 0.1) is 6.61 Å². The first-order valence-corrected chi connectivity index (χ1v) is 6.63. The highest BCUT2D eigenvalue weighted by molar-refractivity contribution is 5.80. The zero-order chi connectivity index (χ0) is 14.5. The number of amides is 2. The molecule has 2 N–H and O–H groups in total. The maximum absolute atomic E-state index is 12.1. The van der Waals surface area contributed by atoms with Crippen molar-refractivity contribution in [2.45, 2.75) is 39.2 Å². The molecule has 6 nitrogen and oxygen atoms in total. The maximum Gasteiger partial charge on any atom is 0.323 e. The van der Waals surface area contributed by atoms with Crippen LogP contribution in [-0.4, -0.2) is 54.9 Å². The lowest BCUT2D eigenvalue weighted by Crippen LogP contribution is -2.50. The molecular weight excluding hydrogens is 248 g/mol. The summed E-state index contributed by atoms with van der Waals surface area (Å²) in [6, 6.07) is -0.210. The standard InChI is InChI=1S/C13H24N2O4/c1-13(2)6-4-5-10(13)14-12(18)15(7-8-19-3)9-11(16)17/h10H,4-9H2,1-3H3,(H,14,18)(H,16,17). The summed E-state index contributed by atoms with van der Waals surface area (Å²) in [6.45, 7) is 4.56. The van der Waals surface area contributed by atoms with Crippen LogP contribution < -0.4 is 5.32 Å². The summed E-state index contributed by atoms with van der Waals surface area (Å²) in [6.07, 6.45) is 3.12. The predicted octanol–water partition coefficient (Wildman–Crippen LogP) is 1.31. The molecule has 6 heteroatoms. The second kappa shape index (κ2) is 6.75. The van der Waals surface area contributed by atoms with Crippen LogP contribution in [0.25, 0.3) is 0 Å². The number of rotatable bonds is 6. The van der Waals surface area contributed by atoms with E-state index in [2.05, 4.69) is 19.2 Å². The average Bonchev–Trinajstić information content (AvgIpc) is 2.63. The smallest absolute Gasteiger partial charge is 0.323 e. The lowest BCUT2D eigenvalue weighted by atomic mass is 9.87. The number of hydrogen-bond acceptors (Lipinski definition) is 3. The van der Waals surface area contributed by atoms with Crippen LogP contribution in [0.2, 0.25) is 0 Å². The fourth-order valence-electron chi connectivity index (χ4n) is 2.45. The quantitative estimate of drug-likeness (QED) is 0.764. The molecule has 1 unspecified atom stereocenters. The van der Waals surface area contributed by atoms with Gasteiger partial charge in [-0.25, -0.2) is 4.79 Å². The van der Waals surface area contributed by atoms with E-state index in [9.17, 15) is 9.59 Å². The normalized spacial score (nSPS) is 21.1. The minimum atomic E-state index is -1.02. The molecule has 0 aromatic heterocycles. The SMILES string of the molecule is COCCN(CC(=O)O)C(=O)NC1CCCC1(C)C. The lowest BCUT2D eigenvalue weighted by Gasteiger charge is -2.30. The number of ether oxygens (including phenoxy) is 1. The van der Waals surface area contributed by atoms with Gasteiger partial charge in [0.15, 0.2) is 0 Å². The Hall–Kier alpha value is -1.30. The molecule has 1 rings (SSSR count). The molecule has 2 amide bonds. The number of nitrogens with one attached hydrogen (secondary N) is 1. The van der Waals surface area contributed by atoms with Crippen molar-refractivity contribution in [2.75, 3.05) is 26.8 Å². The van der Waals surface area contributed by atoms with Gasteiger partial charge in [0.25, 0.3) is 0 Å². The van der Waals surface area contributed by atoms with Gasteiger partial charge >= 0.3 is 12.0 Å². The molecule has 1 aliphatic carbocycles. The summed E-state index contributed by atoms with van der Waals surface area (Å²) in [4.78, 5) is 24.2. The molecule has 1 aliphatic rings. The lowest BCUT2D eigenvalue weighted by molar-refractivity contribution is -0.137. The first-order chi connectivity index (χ1) is 8.86. The number of nitrogens with zero attached hydrogens (tertiary/aromatic N) is 1. The van der Waals surface area contributed by atoms with Crippen molar-refractivity contribution in [1.29, 1.82) is 0 Å². The summed E-state index contributed by atoms with van der Waals surface area (Å²) < 4.78 is 4.90. The van der Waals surface area contributed by atoms with Gasteiger partial charge in [0, 0.05) is 19.7 Å². The molecule has 1 atom stereocenters. The van der Waals surface area contributed by atoms with E-state index in [0.29, 0.717) is 6.61 Å². The highest BCUT2D eigenvalue weighted by Crippen LogP contribution is 2.37. The van der Waals surface area contributed by atoms with Crippen LogP contribution in [0.4, 0.5) is 4.79 Å². The van der Waals surface area contributed by atoms with Crippen LogP contribution in [0.1, 0.15) is 33.1 Å². The molecule has 0 aromatic carbocycles. The van der Waals surface area contributed by atoms with Crippen molar-refractivity contribution in [2.24, 2.45) is 5.41 Å². The Morgan fingerprint density at radius 3 is 2.63 bits per heavy atom. The van der Waals surface area contributed by atoms with Gasteiger partial charge in [0.1, 0.15) is 6.54 Å². The fraction of sp³-hybridized carbons (Fsp3) is 0.846. The largest absolute Gasteiger partial charge is 0.480 e. The maximum atomic E-state index is 12.1. The van der Waals surface area contributed by atoms with E-state index in [0.717, 1.165) is 19.3 Å². The van der Waals surface area contributed by atoms with E-state index < -0.39 is 5.97 Å². The third-order valence-electron chi connectivity index (χ3n) is 3.73. The number of carboxylic acid groups (broad SMARTS) is 1. The van der Waals surface area contributed by atoms with E-state index in [4.69, 9.17) is 9.84 Å². The summed E-state index contributed by atoms with van der Waals surface area (Å²) in [5, 5.41) is 11.8. The number of carbonyl (C=O) groups excluding carboxylic acids is 1. The van der Waals surface area contributed by atoms with Crippen LogP contribution in [0.15, 0.2) is 0 Å². The van der Waals surface area contributed by atoms with Gasteiger partial charge < -0.3 is 20.1 Å². The molecular formula is C13H24N2O4. The second-order valence-electron chi connectivity index (χ2n) is 5.69. The third-order valence-corrected chi connectivity index (χ3v) is 3.73. The molecule has 0 aliphatic heterocycles. The van der Waals surface area contributed by atoms with Crippen LogP contribution in [0.5, 0.6) is 0 Å². The number of hydrogen-bond donors (Lipinski definition) is 2. The molecule has 0 bridgehead atoms. The minimum Gasteiger partial charge on any atom is -0.480 e. The van der Waals surface area contributed by atoms with Crippen molar-refractivity contribution in [3.05, 3.63) is 0 Å². The Bertz CT molecular complexity index is 331. The van der Waals surface area contributed by atoms with Gasteiger partial charge in [0.2, 0.25) is 0 Å². The zero-order valence-electron chi connectivity index (χ0n) is 11.9. The number of carbonyl (C=O) groups is 2. The van der Waals surface area contributed by atoms with Gasteiger partial charge in [-0.1, -0.05) is 20.3 Å². The summed E-state index contributed by atoms with van der Waals surface area (Å²) in [5.74, 6) is -1.02. The van der Waals surface area contributed by atoms with E-state index >= 15 is 0 Å². The number of urea groups is 1. The van der Waals surface area contributed by atoms with Crippen LogP contribution in [0, 0.1) is 5.41 Å². The number of aliphatic carboxylic acids is 1. The van der Waals surface area contributed by atoms with E-state index in [1.165, 1.54) is 12.0 Å². The summed E-state index contributed by atoms with van der Waals surface area (Å²) in [7, 11) is 1.52. The average molecular weight is 272 g/mol. The molecule has 110 valence electrons. The van der Waals surface area contributed by atoms with E-state index in [1.807, 2.05) is 0 Å². The Labute approximate surface area is 114 Å². The van der Waals surface area contributed by atoms with Gasteiger partial charge in [-0.15, -0.1) is 0 Å². The molecule has 19 heavy (non-hydrogen) atoms. The van der Waals surface area contributed by atoms with Crippen LogP contribution in [0.3, 0.4) is 0 Å². The van der Waals surface area contributed by atoms with Gasteiger partial charge in [-0.3, -0.25) is 4.79 Å². The Kier molecular flexibility index (Phi) is 5.60. The van der Waals surface area contributed by atoms with E-state index in [-0.39, 0.29) is 30.6 Å². The number of methoxy groups -OCH3 is 1. The molecule has 0 aromatic rings. The monoisotopic (exact) mass is 272 g/mol. The van der Waals surface area contributed by atoms with Crippen molar-refractivity contribution in [3.8, 4) is 0 Å². The van der Waals surface area contributed by atoms with Gasteiger partial charge in [-0.05, 0) is 18.3 Å². The first kappa shape index (κ1) is 15.8. The molecule has 1 fully saturated rings. The minimum absolute atomic E-state index is 0.0752. The first-order valence-electron chi connectivity index (χ1n) is 6.63. The van der Waals surface area contributed by atoms with Crippen molar-refractivity contribution >= 4 is 12.0 Å². The highest BCUT2D eigenvalue weighted by Gasteiger charge is 2.36. The Morgan fingerprint density at radius 1 is 1.47 bits per heavy atom. The molecule has 0 saturated heterocycles. The summed E-state index contributed by atoms with van der Waals surface area (Å²) >= 11 is 0. The van der Waals surface area contributed by atoms with E-state index in [1.54, 1.807) is 0 Å². The third kappa shape index (κ3) is 4.70. The molecule has 1 saturated carbocycles. The van der Waals surface area contributed by atoms with Crippen molar-refractivity contribution in [1.82, 2.24) is 10.2 Å². The topological polar surface area (TPSA) is 78.9 Å². The van der Waals surface area contributed by atoms with Gasteiger partial charge in [-0.2, -0.15) is 0 Å². The van der Waals surface area contributed by atoms with Crippen molar-refractivity contribution < 1.29 is 19.4 Å². The Morgan fingerprint density at radius 2 is 2.16 bits per heavy atom. The van der Waals surface area contributed by atoms with Crippen LogP contribution in [-0.2, 0) is 9.53 Å². The Balaban J connectivity index is 2.58. The predicted molar refractivity (Wildman–Crippen MR) is 71.0 cm³/mol. The highest BCUT2D eigenvalue weighted by atomic mass is 16.5. The molecule has 0 spiro atoms. The summed E-state index contributed by atoms with van der Waals surface area (Å²) in [5.41, 5.74) is 0.0752. The van der Waals surface area contributed by atoms with Crippen LogP contribution >= 0.6 is 0 Å². The zero-order valence-corrected chi connectivity index (χ0v) is 11.9.